The summed E-state index contributed by atoms with van der Waals surface area (Å²) >= 11 is 5.92. The summed E-state index contributed by atoms with van der Waals surface area (Å²) in [5.74, 6) is 0.546. The molecule has 0 fully saturated rings. The van der Waals surface area contributed by atoms with Crippen LogP contribution in [0.4, 0.5) is 0 Å². The van der Waals surface area contributed by atoms with Crippen LogP contribution < -0.4 is 4.74 Å². The fourth-order valence-electron chi connectivity index (χ4n) is 1.02. The van der Waals surface area contributed by atoms with Crippen LogP contribution >= 0.6 is 11.6 Å². The molecule has 0 saturated heterocycles. The fraction of sp³-hybridized carbons (Fsp3) is 0.500. The zero-order valence-corrected chi connectivity index (χ0v) is 9.17. The number of hydrogen-bond acceptors (Lipinski definition) is 3. The van der Waals surface area contributed by atoms with Crippen LogP contribution in [0.25, 0.3) is 0 Å². The average molecular weight is 216 g/mol. The lowest BCUT2D eigenvalue weighted by Crippen LogP contribution is -2.05. The first-order valence-corrected chi connectivity index (χ1v) is 4.93. The van der Waals surface area contributed by atoms with Gasteiger partial charge in [-0.15, -0.1) is 0 Å². The van der Waals surface area contributed by atoms with Gasteiger partial charge >= 0.3 is 0 Å². The summed E-state index contributed by atoms with van der Waals surface area (Å²) in [6.45, 7) is 3.08. The van der Waals surface area contributed by atoms with Crippen molar-refractivity contribution in [3.63, 3.8) is 0 Å². The summed E-state index contributed by atoms with van der Waals surface area (Å²) in [7, 11) is 1.63. The monoisotopic (exact) mass is 215 g/mol. The molecule has 1 heterocycles. The van der Waals surface area contributed by atoms with Crippen LogP contribution in [0.15, 0.2) is 12.1 Å². The van der Waals surface area contributed by atoms with Crippen LogP contribution in [0.3, 0.4) is 0 Å². The molecule has 14 heavy (non-hydrogen) atoms. The lowest BCUT2D eigenvalue weighted by atomic mass is 10.2. The molecule has 0 aliphatic rings. The molecule has 0 N–H and O–H groups in total. The van der Waals surface area contributed by atoms with E-state index in [0.717, 1.165) is 12.0 Å². The average Bonchev–Trinajstić information content (AvgIpc) is 2.18. The molecule has 0 amide bonds. The fourth-order valence-corrected chi connectivity index (χ4v) is 1.30. The molecule has 0 radical (unpaired) electrons. The summed E-state index contributed by atoms with van der Waals surface area (Å²) in [6.07, 6.45) is 0.879. The summed E-state index contributed by atoms with van der Waals surface area (Å²) in [6, 6.07) is 3.75. The van der Waals surface area contributed by atoms with Crippen molar-refractivity contribution >= 4 is 11.6 Å². The highest BCUT2D eigenvalue weighted by atomic mass is 35.5. The number of aromatic nitrogens is 1. The molecule has 4 heteroatoms. The van der Waals surface area contributed by atoms with Gasteiger partial charge in [0, 0.05) is 13.2 Å². The van der Waals surface area contributed by atoms with Gasteiger partial charge in [-0.2, -0.15) is 0 Å². The predicted octanol–water partition coefficient (Wildman–Crippen LogP) is 2.32. The molecule has 0 saturated carbocycles. The minimum Gasteiger partial charge on any atom is -0.475 e. The second kappa shape index (κ2) is 5.83. The van der Waals surface area contributed by atoms with Crippen LogP contribution in [0.2, 0.25) is 5.15 Å². The number of aryl methyl sites for hydroxylation is 1. The highest BCUT2D eigenvalue weighted by molar-refractivity contribution is 6.30. The minimum atomic E-state index is 0.491. The number of rotatable bonds is 5. The number of halogens is 1. The van der Waals surface area contributed by atoms with Crippen molar-refractivity contribution in [3.8, 4) is 5.88 Å². The highest BCUT2D eigenvalue weighted by Gasteiger charge is 2.01. The Bertz CT molecular complexity index is 291. The molecule has 0 unspecified atom stereocenters. The summed E-state index contributed by atoms with van der Waals surface area (Å²) in [5.41, 5.74) is 1.03. The number of pyridine rings is 1. The molecule has 3 nitrogen and oxygen atoms in total. The van der Waals surface area contributed by atoms with Crippen molar-refractivity contribution < 1.29 is 9.47 Å². The van der Waals surface area contributed by atoms with Crippen LogP contribution in [0.1, 0.15) is 12.5 Å². The van der Waals surface area contributed by atoms with Crippen molar-refractivity contribution in [1.29, 1.82) is 0 Å². The molecule has 0 spiro atoms. The second-order valence-corrected chi connectivity index (χ2v) is 3.15. The normalized spacial score (nSPS) is 10.2. The topological polar surface area (TPSA) is 31.4 Å². The van der Waals surface area contributed by atoms with Crippen molar-refractivity contribution in [3.05, 3.63) is 22.8 Å². The third kappa shape index (κ3) is 3.16. The smallest absolute Gasteiger partial charge is 0.214 e. The summed E-state index contributed by atoms with van der Waals surface area (Å²) in [5, 5.41) is 0.516. The van der Waals surface area contributed by atoms with Gasteiger partial charge in [-0.25, -0.2) is 4.98 Å². The first-order chi connectivity index (χ1) is 6.77. The third-order valence-electron chi connectivity index (χ3n) is 1.82. The van der Waals surface area contributed by atoms with Crippen LogP contribution in [-0.4, -0.2) is 25.3 Å². The van der Waals surface area contributed by atoms with E-state index in [9.17, 15) is 0 Å². The standard InChI is InChI=1S/C10H14ClNO2/c1-3-8-4-5-9(12-10(8)11)14-7-6-13-2/h4-5H,3,6-7H2,1-2H3. The molecule has 0 aliphatic heterocycles. The first-order valence-electron chi connectivity index (χ1n) is 4.55. The van der Waals surface area contributed by atoms with Gasteiger partial charge in [0.05, 0.1) is 6.61 Å². The number of ether oxygens (including phenoxy) is 2. The van der Waals surface area contributed by atoms with E-state index in [1.165, 1.54) is 0 Å². The van der Waals surface area contributed by atoms with Gasteiger partial charge in [-0.1, -0.05) is 24.6 Å². The molecule has 0 aliphatic carbocycles. The van der Waals surface area contributed by atoms with Crippen LogP contribution in [0.5, 0.6) is 5.88 Å². The van der Waals surface area contributed by atoms with Gasteiger partial charge in [-0.3, -0.25) is 0 Å². The Morgan fingerprint density at radius 3 is 2.71 bits per heavy atom. The predicted molar refractivity (Wildman–Crippen MR) is 56.0 cm³/mol. The molecular formula is C10H14ClNO2. The Kier molecular flexibility index (Phi) is 4.70. The largest absolute Gasteiger partial charge is 0.475 e. The molecule has 0 bridgehead atoms. The van der Waals surface area contributed by atoms with E-state index in [0.29, 0.717) is 24.2 Å². The van der Waals surface area contributed by atoms with Gasteiger partial charge in [-0.05, 0) is 12.0 Å². The van der Waals surface area contributed by atoms with E-state index in [4.69, 9.17) is 21.1 Å². The van der Waals surface area contributed by atoms with E-state index >= 15 is 0 Å². The highest BCUT2D eigenvalue weighted by Crippen LogP contribution is 2.17. The van der Waals surface area contributed by atoms with E-state index in [2.05, 4.69) is 4.98 Å². The van der Waals surface area contributed by atoms with Crippen LogP contribution in [-0.2, 0) is 11.2 Å². The lowest BCUT2D eigenvalue weighted by Gasteiger charge is -2.06. The molecule has 1 rings (SSSR count). The van der Waals surface area contributed by atoms with Gasteiger partial charge in [0.2, 0.25) is 5.88 Å². The summed E-state index contributed by atoms with van der Waals surface area (Å²) in [4.78, 5) is 4.10. The Balaban J connectivity index is 2.57. The summed E-state index contributed by atoms with van der Waals surface area (Å²) < 4.78 is 10.2. The van der Waals surface area contributed by atoms with Gasteiger partial charge in [0.15, 0.2) is 0 Å². The Hall–Kier alpha value is -0.800. The number of methoxy groups -OCH3 is 1. The maximum atomic E-state index is 5.92. The van der Waals surface area contributed by atoms with Crippen molar-refractivity contribution in [2.75, 3.05) is 20.3 Å². The van der Waals surface area contributed by atoms with Crippen molar-refractivity contribution in [1.82, 2.24) is 4.98 Å². The minimum absolute atomic E-state index is 0.491. The maximum Gasteiger partial charge on any atom is 0.214 e. The Morgan fingerprint density at radius 2 is 2.14 bits per heavy atom. The molecule has 0 atom stereocenters. The Labute approximate surface area is 89.0 Å². The first kappa shape index (κ1) is 11.3. The third-order valence-corrected chi connectivity index (χ3v) is 2.15. The number of hydrogen-bond donors (Lipinski definition) is 0. The quantitative estimate of drug-likeness (QED) is 0.558. The van der Waals surface area contributed by atoms with Crippen LogP contribution in [0, 0.1) is 0 Å². The zero-order valence-electron chi connectivity index (χ0n) is 8.42. The SMILES string of the molecule is CCc1ccc(OCCOC)nc1Cl. The lowest BCUT2D eigenvalue weighted by molar-refractivity contribution is 0.143. The molecule has 0 aromatic carbocycles. The number of nitrogens with zero attached hydrogens (tertiary/aromatic N) is 1. The maximum absolute atomic E-state index is 5.92. The molecule has 1 aromatic heterocycles. The van der Waals surface area contributed by atoms with Gasteiger partial charge < -0.3 is 9.47 Å². The van der Waals surface area contributed by atoms with Gasteiger partial charge in [0.25, 0.3) is 0 Å². The van der Waals surface area contributed by atoms with E-state index in [1.807, 2.05) is 19.1 Å². The van der Waals surface area contributed by atoms with E-state index in [1.54, 1.807) is 7.11 Å². The Morgan fingerprint density at radius 1 is 1.36 bits per heavy atom. The van der Waals surface area contributed by atoms with E-state index < -0.39 is 0 Å². The van der Waals surface area contributed by atoms with E-state index in [-0.39, 0.29) is 0 Å². The van der Waals surface area contributed by atoms with Crippen molar-refractivity contribution in [2.45, 2.75) is 13.3 Å². The molecule has 1 aromatic rings. The molecule has 78 valence electrons. The zero-order chi connectivity index (χ0) is 10.4. The second-order valence-electron chi connectivity index (χ2n) is 2.79. The van der Waals surface area contributed by atoms with Gasteiger partial charge in [0.1, 0.15) is 11.8 Å². The van der Waals surface area contributed by atoms with Crippen molar-refractivity contribution in [2.24, 2.45) is 0 Å². The molecular weight excluding hydrogens is 202 g/mol.